The number of ether oxygens (including phenoxy) is 2. The van der Waals surface area contributed by atoms with Gasteiger partial charge in [0.15, 0.2) is 0 Å². The van der Waals surface area contributed by atoms with E-state index in [9.17, 15) is 9.59 Å². The second kappa shape index (κ2) is 51.4. The van der Waals surface area contributed by atoms with Gasteiger partial charge in [-0.25, -0.2) is 0 Å². The van der Waals surface area contributed by atoms with Gasteiger partial charge < -0.3 is 24.0 Å². The number of likely N-dealkylation sites (tertiary alicyclic amines) is 1. The van der Waals surface area contributed by atoms with E-state index in [4.69, 9.17) is 9.47 Å². The van der Waals surface area contributed by atoms with Crippen LogP contribution in [0.4, 0.5) is 0 Å². The number of carbonyl (C=O) groups is 2. The molecule has 5 nitrogen and oxygen atoms in total. The van der Waals surface area contributed by atoms with Gasteiger partial charge in [-0.15, -0.1) is 0 Å². The fourth-order valence-electron chi connectivity index (χ4n) is 8.55. The van der Waals surface area contributed by atoms with Crippen molar-refractivity contribution in [3.8, 4) is 0 Å². The Kier molecular flexibility index (Phi) is 52.5. The van der Waals surface area contributed by atoms with Gasteiger partial charge in [-0.1, -0.05) is 207 Å². The fourth-order valence-corrected chi connectivity index (χ4v) is 8.55. The van der Waals surface area contributed by atoms with E-state index in [0.717, 1.165) is 44.5 Å². The topological polar surface area (TPSA) is 55.8 Å². The van der Waals surface area contributed by atoms with Crippen LogP contribution in [0, 0.1) is 17.8 Å². The summed E-state index contributed by atoms with van der Waals surface area (Å²) in [6, 6.07) is 0. The van der Waals surface area contributed by atoms with Crippen LogP contribution < -0.4 is 0 Å². The molecule has 1 rings (SSSR count). The van der Waals surface area contributed by atoms with Gasteiger partial charge >= 0.3 is 0 Å². The van der Waals surface area contributed by atoms with Gasteiger partial charge in [0.25, 0.3) is 0 Å². The number of unbranched alkanes of at least 4 members (excludes halogenated alkanes) is 20. The Labute approximate surface area is 359 Å². The van der Waals surface area contributed by atoms with Crippen LogP contribution in [0.25, 0.3) is 0 Å². The summed E-state index contributed by atoms with van der Waals surface area (Å²) in [5.74, 6) is 2.30. The van der Waals surface area contributed by atoms with Crippen LogP contribution in [0.5, 0.6) is 0 Å². The molecule has 1 aliphatic heterocycles. The van der Waals surface area contributed by atoms with E-state index in [-0.39, 0.29) is 0 Å². The van der Waals surface area contributed by atoms with Crippen molar-refractivity contribution in [2.24, 2.45) is 17.8 Å². The van der Waals surface area contributed by atoms with E-state index in [1.165, 1.54) is 238 Å². The van der Waals surface area contributed by atoms with Crippen LogP contribution >= 0.6 is 0 Å². The molecule has 0 atom stereocenters. The van der Waals surface area contributed by atoms with Gasteiger partial charge in [-0.3, -0.25) is 0 Å². The number of hydrogen-bond donors (Lipinski definition) is 0. The molecule has 0 aromatic heterocycles. The number of rotatable bonds is 42. The molecule has 0 amide bonds. The third-order valence-corrected chi connectivity index (χ3v) is 12.4. The summed E-state index contributed by atoms with van der Waals surface area (Å²) < 4.78 is 10.3. The minimum atomic E-state index is 0.672. The first-order valence-corrected chi connectivity index (χ1v) is 25.6. The Morgan fingerprint density at radius 1 is 0.404 bits per heavy atom. The first-order valence-electron chi connectivity index (χ1n) is 25.6. The molecule has 1 fully saturated rings. The van der Waals surface area contributed by atoms with Crippen molar-refractivity contribution in [2.45, 2.75) is 259 Å². The van der Waals surface area contributed by atoms with Crippen LogP contribution in [0.15, 0.2) is 0 Å². The van der Waals surface area contributed by atoms with Crippen LogP contribution in [-0.4, -0.2) is 64.5 Å². The largest absolute Gasteiger partial charge is 0.385 e. The van der Waals surface area contributed by atoms with Crippen molar-refractivity contribution >= 4 is 12.6 Å². The van der Waals surface area contributed by atoms with Gasteiger partial charge in [-0.05, 0) is 69.4 Å². The highest BCUT2D eigenvalue weighted by atomic mass is 16.5. The molecular weight excluding hydrogens is 703 g/mol. The molecule has 0 bridgehead atoms. The molecular formula is C52H105NO4. The lowest BCUT2D eigenvalue weighted by atomic mass is 9.93. The lowest BCUT2D eigenvalue weighted by molar-refractivity contribution is -0.109. The van der Waals surface area contributed by atoms with Crippen molar-refractivity contribution in [1.82, 2.24) is 4.90 Å². The highest BCUT2D eigenvalue weighted by Gasteiger charge is 2.17. The molecule has 0 N–H and O–H groups in total. The van der Waals surface area contributed by atoms with E-state index < -0.39 is 0 Å². The summed E-state index contributed by atoms with van der Waals surface area (Å²) in [5.41, 5.74) is 0. The zero-order valence-corrected chi connectivity index (χ0v) is 40.0. The number of carbonyl (C=O) groups excluding carboxylic acids is 2. The molecule has 0 spiro atoms. The number of aldehydes is 2. The summed E-state index contributed by atoms with van der Waals surface area (Å²) in [6.07, 6.45) is 49.7. The van der Waals surface area contributed by atoms with Gasteiger partial charge in [0.2, 0.25) is 0 Å². The fraction of sp³-hybridized carbons (Fsp3) is 0.962. The van der Waals surface area contributed by atoms with Crippen LogP contribution in [0.3, 0.4) is 0 Å². The second-order valence-corrected chi connectivity index (χ2v) is 17.9. The van der Waals surface area contributed by atoms with E-state index in [1.807, 2.05) is 14.2 Å². The molecule has 5 heteroatoms. The standard InChI is InChI=1S/C26H53NO2.2C13H26O/c1-28-23-17-11-7-3-5-9-13-19-26(25-27-21-15-16-22-27)20-14-10-6-4-8-12-18-24-29-2;2*1-3-5-7-9-13(11-12-14)10-8-6-4-2/h26H,3-25H2,1-2H3;2*12-13H,3-11H2,1-2H3. The predicted molar refractivity (Wildman–Crippen MR) is 252 cm³/mol. The first-order chi connectivity index (χ1) is 28.1. The summed E-state index contributed by atoms with van der Waals surface area (Å²) in [4.78, 5) is 23.7. The monoisotopic (exact) mass is 808 g/mol. The van der Waals surface area contributed by atoms with Crippen LogP contribution in [-0.2, 0) is 19.1 Å². The van der Waals surface area contributed by atoms with Crippen molar-refractivity contribution in [1.29, 1.82) is 0 Å². The molecule has 1 aliphatic rings. The first kappa shape index (κ1) is 58.3. The quantitative estimate of drug-likeness (QED) is 0.0454. The van der Waals surface area contributed by atoms with Gasteiger partial charge in [0, 0.05) is 46.8 Å². The summed E-state index contributed by atoms with van der Waals surface area (Å²) in [7, 11) is 3.62. The maximum absolute atomic E-state index is 10.5. The lowest BCUT2D eigenvalue weighted by Crippen LogP contribution is -2.26. The molecule has 1 saturated heterocycles. The third-order valence-electron chi connectivity index (χ3n) is 12.4. The smallest absolute Gasteiger partial charge is 0.120 e. The number of methoxy groups -OCH3 is 2. The molecule has 0 aromatic rings. The molecule has 0 unspecified atom stereocenters. The average Bonchev–Trinajstić information content (AvgIpc) is 3.73. The summed E-state index contributed by atoms with van der Waals surface area (Å²) in [5, 5.41) is 0. The number of hydrogen-bond acceptors (Lipinski definition) is 5. The van der Waals surface area contributed by atoms with Gasteiger partial charge in [0.1, 0.15) is 12.6 Å². The summed E-state index contributed by atoms with van der Waals surface area (Å²) in [6.45, 7) is 14.9. The minimum Gasteiger partial charge on any atom is -0.385 e. The highest BCUT2D eigenvalue weighted by molar-refractivity contribution is 5.49. The SMILES string of the molecule is CCCCCC(CC=O)CCCCC.CCCCCC(CC=O)CCCCC.COCCCCCCCCCC(CCCCCCCCCOC)CN1CCCC1. The van der Waals surface area contributed by atoms with Crippen molar-refractivity contribution in [2.75, 3.05) is 47.1 Å². The molecule has 0 aromatic carbocycles. The molecule has 0 saturated carbocycles. The Hall–Kier alpha value is -0.780. The Morgan fingerprint density at radius 2 is 0.684 bits per heavy atom. The Morgan fingerprint density at radius 3 is 0.982 bits per heavy atom. The van der Waals surface area contributed by atoms with E-state index >= 15 is 0 Å². The third kappa shape index (κ3) is 46.1. The van der Waals surface area contributed by atoms with Crippen LogP contribution in [0.2, 0.25) is 0 Å². The Bertz CT molecular complexity index is 670. The second-order valence-electron chi connectivity index (χ2n) is 17.9. The average molecular weight is 808 g/mol. The van der Waals surface area contributed by atoms with E-state index in [0.29, 0.717) is 11.8 Å². The normalized spacial score (nSPS) is 12.9. The molecule has 0 radical (unpaired) electrons. The van der Waals surface area contributed by atoms with E-state index in [2.05, 4.69) is 32.6 Å². The van der Waals surface area contributed by atoms with Crippen molar-refractivity contribution in [3.05, 3.63) is 0 Å². The maximum Gasteiger partial charge on any atom is 0.120 e. The summed E-state index contributed by atoms with van der Waals surface area (Å²) >= 11 is 0. The van der Waals surface area contributed by atoms with Gasteiger partial charge in [-0.2, -0.15) is 0 Å². The maximum atomic E-state index is 10.5. The minimum absolute atomic E-state index is 0.672. The van der Waals surface area contributed by atoms with Gasteiger partial charge in [0.05, 0.1) is 0 Å². The zero-order valence-electron chi connectivity index (χ0n) is 40.0. The number of nitrogens with zero attached hydrogens (tertiary/aromatic N) is 1. The predicted octanol–water partition coefficient (Wildman–Crippen LogP) is 15.9. The molecule has 57 heavy (non-hydrogen) atoms. The highest BCUT2D eigenvalue weighted by Crippen LogP contribution is 2.23. The lowest BCUT2D eigenvalue weighted by Gasteiger charge is -2.23. The zero-order chi connectivity index (χ0) is 42.1. The Balaban J connectivity index is 0. The molecule has 1 heterocycles. The van der Waals surface area contributed by atoms with Crippen LogP contribution in [0.1, 0.15) is 259 Å². The molecule has 342 valence electrons. The van der Waals surface area contributed by atoms with E-state index in [1.54, 1.807) is 0 Å². The van der Waals surface area contributed by atoms with Crippen molar-refractivity contribution in [3.63, 3.8) is 0 Å². The van der Waals surface area contributed by atoms with Crippen molar-refractivity contribution < 1.29 is 19.1 Å². The molecule has 0 aliphatic carbocycles.